The molecule has 0 unspecified atom stereocenters. The molecule has 0 fully saturated rings. The maximum absolute atomic E-state index is 5.36. The van der Waals surface area contributed by atoms with Crippen molar-refractivity contribution >= 4 is 0 Å². The first-order valence-electron chi connectivity index (χ1n) is 3.29. The van der Waals surface area contributed by atoms with E-state index in [0.717, 1.165) is 11.4 Å². The van der Waals surface area contributed by atoms with E-state index < -0.39 is 0 Å². The molecule has 0 aromatic rings. The molecule has 56 valence electrons. The molecule has 0 aliphatic heterocycles. The summed E-state index contributed by atoms with van der Waals surface area (Å²) >= 11 is 0. The number of allylic oxidation sites excluding steroid dienone is 2. The maximum Gasteiger partial charge on any atom is 0.0260 e. The van der Waals surface area contributed by atoms with Gasteiger partial charge < -0.3 is 11.1 Å². The summed E-state index contributed by atoms with van der Waals surface area (Å²) in [4.78, 5) is 0. The Bertz CT molecular complexity index is 80.9. The van der Waals surface area contributed by atoms with Crippen molar-refractivity contribution < 1.29 is 0 Å². The highest BCUT2D eigenvalue weighted by molar-refractivity contribution is 5.01. The monoisotopic (exact) mass is 130 g/mol. The fourth-order valence-electron chi connectivity index (χ4n) is 0.197. The average molecular weight is 130 g/mol. The second-order valence-corrected chi connectivity index (χ2v) is 1.56. The van der Waals surface area contributed by atoms with Crippen LogP contribution in [0.3, 0.4) is 0 Å². The summed E-state index contributed by atoms with van der Waals surface area (Å²) in [5.74, 6) is 0. The molecule has 2 heteroatoms. The Balaban J connectivity index is 0. The van der Waals surface area contributed by atoms with E-state index in [9.17, 15) is 0 Å². The van der Waals surface area contributed by atoms with E-state index in [1.54, 1.807) is 0 Å². The van der Waals surface area contributed by atoms with Gasteiger partial charge in [-0.2, -0.15) is 0 Å². The third-order valence-electron chi connectivity index (χ3n) is 0.967. The van der Waals surface area contributed by atoms with Crippen molar-refractivity contribution in [1.82, 2.24) is 5.32 Å². The third kappa shape index (κ3) is 7.34. The van der Waals surface area contributed by atoms with Crippen LogP contribution in [0.2, 0.25) is 0 Å². The molecule has 0 radical (unpaired) electrons. The van der Waals surface area contributed by atoms with Crippen LogP contribution in [0.4, 0.5) is 0 Å². The molecule has 0 aromatic heterocycles. The van der Waals surface area contributed by atoms with E-state index in [0.29, 0.717) is 0 Å². The van der Waals surface area contributed by atoms with Crippen LogP contribution in [0.15, 0.2) is 11.4 Å². The van der Waals surface area contributed by atoms with Crippen molar-refractivity contribution in [2.24, 2.45) is 5.73 Å². The van der Waals surface area contributed by atoms with Gasteiger partial charge in [-0.3, -0.25) is 0 Å². The van der Waals surface area contributed by atoms with Crippen LogP contribution < -0.4 is 11.1 Å². The molecule has 0 saturated heterocycles. The summed E-state index contributed by atoms with van der Waals surface area (Å²) in [6, 6.07) is 0. The van der Waals surface area contributed by atoms with Crippen molar-refractivity contribution in [2.75, 3.05) is 7.05 Å². The molecule has 2 nitrogen and oxygen atoms in total. The molecule has 0 amide bonds. The lowest BCUT2D eigenvalue weighted by Gasteiger charge is -1.98. The number of hydrogen-bond donors (Lipinski definition) is 2. The van der Waals surface area contributed by atoms with Crippen LogP contribution in [0.25, 0.3) is 0 Å². The Labute approximate surface area is 58.1 Å². The summed E-state index contributed by atoms with van der Waals surface area (Å²) in [7, 11) is 1.85. The van der Waals surface area contributed by atoms with Crippen LogP contribution in [-0.2, 0) is 0 Å². The average Bonchev–Trinajstić information content (AvgIpc) is 1.91. The quantitative estimate of drug-likeness (QED) is 0.563. The zero-order valence-corrected chi connectivity index (χ0v) is 7.08. The highest BCUT2D eigenvalue weighted by Crippen LogP contribution is 1.86. The van der Waals surface area contributed by atoms with E-state index in [4.69, 9.17) is 5.73 Å². The van der Waals surface area contributed by atoms with Gasteiger partial charge >= 0.3 is 0 Å². The number of hydrogen-bond acceptors (Lipinski definition) is 2. The zero-order valence-electron chi connectivity index (χ0n) is 7.08. The van der Waals surface area contributed by atoms with Gasteiger partial charge in [0, 0.05) is 18.4 Å². The van der Waals surface area contributed by atoms with Crippen molar-refractivity contribution in [3.63, 3.8) is 0 Å². The Morgan fingerprint density at radius 2 is 1.56 bits per heavy atom. The van der Waals surface area contributed by atoms with E-state index >= 15 is 0 Å². The molecule has 0 bridgehead atoms. The Morgan fingerprint density at radius 1 is 1.22 bits per heavy atom. The van der Waals surface area contributed by atoms with Gasteiger partial charge in [-0.1, -0.05) is 13.8 Å². The van der Waals surface area contributed by atoms with E-state index in [2.05, 4.69) is 5.32 Å². The Hall–Kier alpha value is -0.660. The molecule has 0 spiro atoms. The SMILES string of the molecule is CC.CN/C(C)=C(/C)N. The normalized spacial score (nSPS) is 10.8. The van der Waals surface area contributed by atoms with Crippen molar-refractivity contribution in [3.05, 3.63) is 11.4 Å². The first-order chi connectivity index (χ1) is 4.18. The van der Waals surface area contributed by atoms with Gasteiger partial charge in [-0.05, 0) is 13.8 Å². The number of nitrogens with one attached hydrogen (secondary N) is 1. The summed E-state index contributed by atoms with van der Waals surface area (Å²) in [6.45, 7) is 7.81. The largest absolute Gasteiger partial charge is 0.401 e. The molecule has 0 heterocycles. The second-order valence-electron chi connectivity index (χ2n) is 1.56. The minimum absolute atomic E-state index is 0.850. The smallest absolute Gasteiger partial charge is 0.0260 e. The maximum atomic E-state index is 5.36. The third-order valence-corrected chi connectivity index (χ3v) is 0.967. The summed E-state index contributed by atoms with van der Waals surface area (Å²) < 4.78 is 0. The predicted octanol–water partition coefficient (Wildman–Crippen LogP) is 1.44. The van der Waals surface area contributed by atoms with Crippen LogP contribution >= 0.6 is 0 Å². The zero-order chi connectivity index (χ0) is 7.86. The summed E-state index contributed by atoms with van der Waals surface area (Å²) in [5, 5.41) is 2.92. The van der Waals surface area contributed by atoms with Gasteiger partial charge in [0.25, 0.3) is 0 Å². The minimum Gasteiger partial charge on any atom is -0.401 e. The fourth-order valence-corrected chi connectivity index (χ4v) is 0.197. The first kappa shape index (κ1) is 11.2. The lowest BCUT2D eigenvalue weighted by atomic mass is 10.4. The van der Waals surface area contributed by atoms with Gasteiger partial charge in [0.05, 0.1) is 0 Å². The lowest BCUT2D eigenvalue weighted by molar-refractivity contribution is 0.949. The van der Waals surface area contributed by atoms with Crippen LogP contribution in [-0.4, -0.2) is 7.05 Å². The van der Waals surface area contributed by atoms with Gasteiger partial charge in [0.1, 0.15) is 0 Å². The Kier molecular flexibility index (Phi) is 9.12. The fraction of sp³-hybridized carbons (Fsp3) is 0.714. The molecule has 0 rings (SSSR count). The molecule has 0 aliphatic carbocycles. The molecule has 9 heavy (non-hydrogen) atoms. The molecule has 3 N–H and O–H groups in total. The molecule has 0 aromatic carbocycles. The van der Waals surface area contributed by atoms with Gasteiger partial charge in [-0.15, -0.1) is 0 Å². The second kappa shape index (κ2) is 7.34. The van der Waals surface area contributed by atoms with Crippen molar-refractivity contribution in [2.45, 2.75) is 27.7 Å². The highest BCUT2D eigenvalue weighted by Gasteiger charge is 1.81. The van der Waals surface area contributed by atoms with Crippen LogP contribution in [0, 0.1) is 0 Å². The highest BCUT2D eigenvalue weighted by atomic mass is 14.8. The van der Waals surface area contributed by atoms with E-state index in [1.165, 1.54) is 0 Å². The molecular formula is C7H18N2. The molecule has 0 saturated carbocycles. The first-order valence-corrected chi connectivity index (χ1v) is 3.29. The minimum atomic E-state index is 0.850. The van der Waals surface area contributed by atoms with E-state index in [1.807, 2.05) is 34.7 Å². The topological polar surface area (TPSA) is 38.0 Å². The standard InChI is InChI=1S/C5H12N2.C2H6/c1-4(6)5(2)7-3;1-2/h7H,6H2,1-3H3;1-2H3/b5-4-;. The number of nitrogens with two attached hydrogens (primary N) is 1. The predicted molar refractivity (Wildman–Crippen MR) is 43.0 cm³/mol. The molecule has 0 aliphatic rings. The van der Waals surface area contributed by atoms with Crippen LogP contribution in [0.5, 0.6) is 0 Å². The summed E-state index contributed by atoms with van der Waals surface area (Å²) in [5.41, 5.74) is 7.25. The van der Waals surface area contributed by atoms with Crippen molar-refractivity contribution in [1.29, 1.82) is 0 Å². The van der Waals surface area contributed by atoms with Crippen LogP contribution in [0.1, 0.15) is 27.7 Å². The van der Waals surface area contributed by atoms with Gasteiger partial charge in [0.15, 0.2) is 0 Å². The molecular weight excluding hydrogens is 112 g/mol. The lowest BCUT2D eigenvalue weighted by Crippen LogP contribution is -2.08. The molecule has 0 atom stereocenters. The number of rotatable bonds is 1. The van der Waals surface area contributed by atoms with Gasteiger partial charge in [0.2, 0.25) is 0 Å². The van der Waals surface area contributed by atoms with Gasteiger partial charge in [-0.25, -0.2) is 0 Å². The summed E-state index contributed by atoms with van der Waals surface area (Å²) in [6.07, 6.45) is 0. The Morgan fingerprint density at radius 3 is 1.56 bits per heavy atom. The van der Waals surface area contributed by atoms with Crippen molar-refractivity contribution in [3.8, 4) is 0 Å². The van der Waals surface area contributed by atoms with E-state index in [-0.39, 0.29) is 0 Å².